The van der Waals surface area contributed by atoms with Crippen LogP contribution in [-0.2, 0) is 18.4 Å². The lowest BCUT2D eigenvalue weighted by atomic mass is 9.96. The topological polar surface area (TPSA) is 59.3 Å². The van der Waals surface area contributed by atoms with Gasteiger partial charge in [0.25, 0.3) is 5.56 Å². The van der Waals surface area contributed by atoms with E-state index in [1.807, 2.05) is 44.3 Å². The van der Waals surface area contributed by atoms with Crippen LogP contribution in [0.15, 0.2) is 59.4 Å². The van der Waals surface area contributed by atoms with Crippen molar-refractivity contribution in [2.24, 2.45) is 13.0 Å². The fourth-order valence-corrected chi connectivity index (χ4v) is 4.38. The average Bonchev–Trinajstić information content (AvgIpc) is 2.99. The monoisotopic (exact) mass is 418 g/mol. The third-order valence-corrected chi connectivity index (χ3v) is 6.33. The Hall–Kier alpha value is -3.12. The lowest BCUT2D eigenvalue weighted by Crippen LogP contribution is -2.40. The van der Waals surface area contributed by atoms with Gasteiger partial charge in [0.1, 0.15) is 5.69 Å². The first-order valence-electron chi connectivity index (χ1n) is 10.9. The second-order valence-corrected chi connectivity index (χ2v) is 8.43. The van der Waals surface area contributed by atoms with Gasteiger partial charge in [0.15, 0.2) is 0 Å². The number of para-hydroxylation sites is 1. The zero-order chi connectivity index (χ0) is 22.0. The Kier molecular flexibility index (Phi) is 6.09. The summed E-state index contributed by atoms with van der Waals surface area (Å²) in [5.74, 6) is -0.192. The largest absolute Gasteiger partial charge is 0.320 e. The van der Waals surface area contributed by atoms with Crippen molar-refractivity contribution in [3.05, 3.63) is 81.8 Å². The molecule has 1 unspecified atom stereocenters. The molecule has 162 valence electrons. The number of hydrogen-bond donors (Lipinski definition) is 1. The molecule has 31 heavy (non-hydrogen) atoms. The number of benzene rings is 2. The Morgan fingerprint density at radius 1 is 1.06 bits per heavy atom. The normalized spacial score (nSPS) is 16.9. The van der Waals surface area contributed by atoms with E-state index in [0.717, 1.165) is 37.3 Å². The highest BCUT2D eigenvalue weighted by molar-refractivity contribution is 5.93. The van der Waals surface area contributed by atoms with Crippen LogP contribution < -0.4 is 10.9 Å². The van der Waals surface area contributed by atoms with Gasteiger partial charge in [-0.05, 0) is 56.5 Å². The Balaban J connectivity index is 1.49. The molecule has 1 amide bonds. The van der Waals surface area contributed by atoms with E-state index in [9.17, 15) is 9.59 Å². The number of carbonyl (C=O) groups is 1. The molecule has 2 heterocycles. The maximum absolute atomic E-state index is 13.1. The number of hydrogen-bond acceptors (Lipinski definition) is 3. The van der Waals surface area contributed by atoms with Gasteiger partial charge in [0.2, 0.25) is 5.91 Å². The van der Waals surface area contributed by atoms with Gasteiger partial charge in [-0.2, -0.15) is 0 Å². The number of carbonyl (C=O) groups excluding carboxylic acids is 1. The molecule has 1 aromatic heterocycles. The van der Waals surface area contributed by atoms with Crippen LogP contribution in [0.5, 0.6) is 0 Å². The number of rotatable bonds is 5. The average molecular weight is 419 g/mol. The first-order valence-corrected chi connectivity index (χ1v) is 10.9. The summed E-state index contributed by atoms with van der Waals surface area (Å²) in [6, 6.07) is 17.9. The molecule has 1 aliphatic heterocycles. The number of nitrogens with zero attached hydrogens (tertiary/aromatic N) is 3. The van der Waals surface area contributed by atoms with Crippen LogP contribution in [0.4, 0.5) is 5.69 Å². The number of anilines is 1. The van der Waals surface area contributed by atoms with Gasteiger partial charge < -0.3 is 5.32 Å². The maximum atomic E-state index is 13.1. The van der Waals surface area contributed by atoms with Crippen molar-refractivity contribution >= 4 is 11.6 Å². The minimum absolute atomic E-state index is 0.0690. The molecule has 0 aliphatic carbocycles. The summed E-state index contributed by atoms with van der Waals surface area (Å²) >= 11 is 0. The molecule has 0 radical (unpaired) electrons. The van der Waals surface area contributed by atoms with Gasteiger partial charge >= 0.3 is 0 Å². The van der Waals surface area contributed by atoms with Gasteiger partial charge in [0.05, 0.1) is 17.3 Å². The molecule has 0 saturated carbocycles. The third kappa shape index (κ3) is 4.35. The molecule has 4 rings (SSSR count). The standard InChI is InChI=1S/C25H30N4O2/c1-18-10-7-8-11-20(18)16-28-15-9-12-21(17-28)24(30)26-23-19(2)27(3)29(25(23)31)22-13-5-4-6-14-22/h4-8,10-11,13-14,21H,9,12,15-17H2,1-3H3,(H,26,30). The van der Waals surface area contributed by atoms with Crippen LogP contribution in [0.3, 0.4) is 0 Å². The van der Waals surface area contributed by atoms with Crippen LogP contribution in [-0.4, -0.2) is 33.3 Å². The first-order chi connectivity index (χ1) is 15.0. The first kappa shape index (κ1) is 21.1. The van der Waals surface area contributed by atoms with Crippen molar-refractivity contribution in [3.63, 3.8) is 0 Å². The van der Waals surface area contributed by atoms with Crippen LogP contribution in [0.1, 0.15) is 29.7 Å². The molecule has 1 aliphatic rings. The number of likely N-dealkylation sites (tertiary alicyclic amines) is 1. The Morgan fingerprint density at radius 3 is 2.52 bits per heavy atom. The van der Waals surface area contributed by atoms with Crippen molar-refractivity contribution in [2.45, 2.75) is 33.2 Å². The second-order valence-electron chi connectivity index (χ2n) is 8.43. The fraction of sp³-hybridized carbons (Fsp3) is 0.360. The highest BCUT2D eigenvalue weighted by Crippen LogP contribution is 2.22. The summed E-state index contributed by atoms with van der Waals surface area (Å²) < 4.78 is 3.38. The highest BCUT2D eigenvalue weighted by atomic mass is 16.2. The number of aromatic nitrogens is 2. The number of piperidine rings is 1. The van der Waals surface area contributed by atoms with Gasteiger partial charge in [-0.25, -0.2) is 4.68 Å². The molecule has 3 aromatic rings. The van der Waals surface area contributed by atoms with Crippen molar-refractivity contribution < 1.29 is 4.79 Å². The third-order valence-electron chi connectivity index (χ3n) is 6.33. The molecular weight excluding hydrogens is 388 g/mol. The van der Waals surface area contributed by atoms with Crippen LogP contribution in [0.2, 0.25) is 0 Å². The lowest BCUT2D eigenvalue weighted by Gasteiger charge is -2.32. The summed E-state index contributed by atoms with van der Waals surface area (Å²) in [6.45, 7) is 6.53. The van der Waals surface area contributed by atoms with Gasteiger partial charge in [-0.3, -0.25) is 19.2 Å². The minimum atomic E-state index is -0.202. The summed E-state index contributed by atoms with van der Waals surface area (Å²) in [7, 11) is 1.84. The zero-order valence-electron chi connectivity index (χ0n) is 18.5. The summed E-state index contributed by atoms with van der Waals surface area (Å²) in [4.78, 5) is 28.5. The van der Waals surface area contributed by atoms with E-state index in [1.165, 1.54) is 11.1 Å². The minimum Gasteiger partial charge on any atom is -0.320 e. The molecule has 0 bridgehead atoms. The number of nitrogens with one attached hydrogen (secondary N) is 1. The predicted molar refractivity (Wildman–Crippen MR) is 124 cm³/mol. The molecule has 2 aromatic carbocycles. The highest BCUT2D eigenvalue weighted by Gasteiger charge is 2.28. The Bertz CT molecular complexity index is 1130. The molecule has 6 nitrogen and oxygen atoms in total. The second kappa shape index (κ2) is 8.94. The lowest BCUT2D eigenvalue weighted by molar-refractivity contribution is -0.121. The smallest absolute Gasteiger partial charge is 0.295 e. The van der Waals surface area contributed by atoms with Crippen LogP contribution >= 0.6 is 0 Å². The zero-order valence-corrected chi connectivity index (χ0v) is 18.5. The van der Waals surface area contributed by atoms with Crippen molar-refractivity contribution in [3.8, 4) is 5.69 Å². The van der Waals surface area contributed by atoms with E-state index in [0.29, 0.717) is 12.2 Å². The van der Waals surface area contributed by atoms with Crippen molar-refractivity contribution in [1.29, 1.82) is 0 Å². The van der Waals surface area contributed by atoms with Gasteiger partial charge in [-0.15, -0.1) is 0 Å². The molecule has 6 heteroatoms. The maximum Gasteiger partial charge on any atom is 0.295 e. The quantitative estimate of drug-likeness (QED) is 0.688. The Morgan fingerprint density at radius 2 is 1.77 bits per heavy atom. The van der Waals surface area contributed by atoms with E-state index in [2.05, 4.69) is 41.4 Å². The van der Waals surface area contributed by atoms with E-state index in [4.69, 9.17) is 0 Å². The predicted octanol–water partition coefficient (Wildman–Crippen LogP) is 3.64. The number of amides is 1. The van der Waals surface area contributed by atoms with Gasteiger partial charge in [0, 0.05) is 20.1 Å². The SMILES string of the molecule is Cc1ccccc1CN1CCCC(C(=O)Nc2c(C)n(C)n(-c3ccccc3)c2=O)C1. The molecule has 0 spiro atoms. The van der Waals surface area contributed by atoms with E-state index < -0.39 is 0 Å². The fourth-order valence-electron chi connectivity index (χ4n) is 4.38. The number of aryl methyl sites for hydroxylation is 1. The van der Waals surface area contributed by atoms with E-state index in [1.54, 1.807) is 9.36 Å². The molecule has 1 N–H and O–H groups in total. The van der Waals surface area contributed by atoms with Gasteiger partial charge in [-0.1, -0.05) is 42.5 Å². The molecular formula is C25H30N4O2. The van der Waals surface area contributed by atoms with Crippen molar-refractivity contribution in [2.75, 3.05) is 18.4 Å². The molecule has 1 fully saturated rings. The van der Waals surface area contributed by atoms with Crippen LogP contribution in [0.25, 0.3) is 5.69 Å². The van der Waals surface area contributed by atoms with Crippen LogP contribution in [0, 0.1) is 19.8 Å². The van der Waals surface area contributed by atoms with E-state index >= 15 is 0 Å². The molecule has 1 atom stereocenters. The summed E-state index contributed by atoms with van der Waals surface area (Å²) in [5.41, 5.74) is 4.26. The van der Waals surface area contributed by atoms with Crippen molar-refractivity contribution in [1.82, 2.24) is 14.3 Å². The Labute approximate surface area is 183 Å². The summed E-state index contributed by atoms with van der Waals surface area (Å²) in [6.07, 6.45) is 1.82. The van der Waals surface area contributed by atoms with E-state index in [-0.39, 0.29) is 17.4 Å². The molecule has 1 saturated heterocycles. The summed E-state index contributed by atoms with van der Waals surface area (Å²) in [5, 5.41) is 2.96.